The van der Waals surface area contributed by atoms with Crippen LogP contribution in [0.15, 0.2) is 53.4 Å². The van der Waals surface area contributed by atoms with Crippen molar-refractivity contribution in [1.29, 1.82) is 0 Å². The third-order valence-corrected chi connectivity index (χ3v) is 6.77. The highest BCUT2D eigenvalue weighted by atomic mass is 32.2. The molecule has 2 aromatic rings. The predicted molar refractivity (Wildman–Crippen MR) is 111 cm³/mol. The van der Waals surface area contributed by atoms with Gasteiger partial charge in [-0.05, 0) is 36.2 Å². The summed E-state index contributed by atoms with van der Waals surface area (Å²) in [5, 5.41) is 0. The molecule has 0 heterocycles. The highest BCUT2D eigenvalue weighted by Gasteiger charge is 2.21. The topological polar surface area (TPSA) is 66.9 Å². The van der Waals surface area contributed by atoms with E-state index in [1.54, 1.807) is 43.3 Å². The lowest BCUT2D eigenvalue weighted by molar-refractivity contribution is -0.118. The van der Waals surface area contributed by atoms with Gasteiger partial charge in [-0.25, -0.2) is 8.42 Å². The Morgan fingerprint density at radius 1 is 1.04 bits per heavy atom. The Hall–Kier alpha value is -2.38. The molecule has 0 bridgehead atoms. The summed E-state index contributed by atoms with van der Waals surface area (Å²) in [6.45, 7) is 4.51. The number of benzene rings is 2. The van der Waals surface area contributed by atoms with Gasteiger partial charge in [-0.3, -0.25) is 4.79 Å². The van der Waals surface area contributed by atoms with E-state index in [0.717, 1.165) is 11.3 Å². The van der Waals surface area contributed by atoms with Gasteiger partial charge in [0.15, 0.2) is 0 Å². The molecule has 152 valence electrons. The van der Waals surface area contributed by atoms with Crippen molar-refractivity contribution < 1.29 is 17.9 Å². The number of nitrogens with zero attached hydrogens (tertiary/aromatic N) is 2. The maximum Gasteiger partial charge on any atom is 0.243 e. The number of ether oxygens (including phenoxy) is 1. The quantitative estimate of drug-likeness (QED) is 0.643. The minimum atomic E-state index is -3.46. The van der Waals surface area contributed by atoms with Gasteiger partial charge in [0.1, 0.15) is 5.75 Å². The zero-order valence-corrected chi connectivity index (χ0v) is 17.7. The summed E-state index contributed by atoms with van der Waals surface area (Å²) in [5.41, 5.74) is 1.69. The molecule has 0 atom stereocenters. The van der Waals surface area contributed by atoms with E-state index < -0.39 is 10.0 Å². The summed E-state index contributed by atoms with van der Waals surface area (Å²) < 4.78 is 31.7. The van der Waals surface area contributed by atoms with E-state index in [1.807, 2.05) is 38.1 Å². The van der Waals surface area contributed by atoms with Crippen molar-refractivity contribution in [2.75, 3.05) is 32.1 Å². The molecule has 0 radical (unpaired) electrons. The molecule has 0 fully saturated rings. The fourth-order valence-corrected chi connectivity index (χ4v) is 4.38. The zero-order valence-electron chi connectivity index (χ0n) is 16.9. The average Bonchev–Trinajstić information content (AvgIpc) is 2.72. The highest BCUT2D eigenvalue weighted by Crippen LogP contribution is 2.21. The summed E-state index contributed by atoms with van der Waals surface area (Å²) in [4.78, 5) is 14.4. The molecule has 2 aromatic carbocycles. The Balaban J connectivity index is 2.02. The van der Waals surface area contributed by atoms with Crippen molar-refractivity contribution >= 4 is 21.6 Å². The Bertz CT molecular complexity index is 891. The summed E-state index contributed by atoms with van der Waals surface area (Å²) in [6.07, 6.45) is 0.870. The summed E-state index contributed by atoms with van der Waals surface area (Å²) in [6, 6.07) is 14.1. The van der Waals surface area contributed by atoms with Crippen LogP contribution in [0.1, 0.15) is 25.8 Å². The minimum absolute atomic E-state index is 0.0203. The van der Waals surface area contributed by atoms with Crippen LogP contribution in [-0.2, 0) is 21.2 Å². The molecule has 0 N–H and O–H groups in total. The number of hydrogen-bond acceptors (Lipinski definition) is 4. The third-order valence-electron chi connectivity index (χ3n) is 4.71. The molecule has 1 amide bonds. The van der Waals surface area contributed by atoms with Gasteiger partial charge in [0.25, 0.3) is 0 Å². The Morgan fingerprint density at radius 3 is 2.25 bits per heavy atom. The van der Waals surface area contributed by atoms with Crippen LogP contribution in [-0.4, -0.2) is 45.9 Å². The summed E-state index contributed by atoms with van der Waals surface area (Å²) in [5.74, 6) is 0.676. The van der Waals surface area contributed by atoms with Crippen molar-refractivity contribution in [1.82, 2.24) is 4.31 Å². The molecule has 0 unspecified atom stereocenters. The molecule has 28 heavy (non-hydrogen) atoms. The average molecular weight is 405 g/mol. The number of amides is 1. The molecule has 6 nitrogen and oxygen atoms in total. The number of methoxy groups -OCH3 is 1. The first-order chi connectivity index (χ1) is 13.3. The van der Waals surface area contributed by atoms with Gasteiger partial charge in [-0.1, -0.05) is 32.0 Å². The normalized spacial score (nSPS) is 11.5. The molecule has 0 aliphatic carbocycles. The Morgan fingerprint density at radius 2 is 1.68 bits per heavy atom. The van der Waals surface area contributed by atoms with Crippen molar-refractivity contribution in [2.24, 2.45) is 0 Å². The third kappa shape index (κ3) is 5.11. The fraction of sp³-hybridized carbons (Fsp3) is 0.381. The van der Waals surface area contributed by atoms with Crippen LogP contribution in [0, 0.1) is 0 Å². The molecule has 0 saturated heterocycles. The van der Waals surface area contributed by atoms with E-state index >= 15 is 0 Å². The highest BCUT2D eigenvalue weighted by molar-refractivity contribution is 7.89. The standard InChI is InChI=1S/C21H28N2O4S/c1-5-23(6-2)28(25,26)20-13-10-17(11-14-20)12-15-21(24)22(3)18-8-7-9-19(16-18)27-4/h7-11,13-14,16H,5-6,12,15H2,1-4H3. The van der Waals surface area contributed by atoms with Gasteiger partial charge in [0.2, 0.25) is 15.9 Å². The number of sulfonamides is 1. The number of rotatable bonds is 9. The molecule has 0 aromatic heterocycles. The Kier molecular flexibility index (Phi) is 7.60. The predicted octanol–water partition coefficient (Wildman–Crippen LogP) is 3.32. The summed E-state index contributed by atoms with van der Waals surface area (Å²) >= 11 is 0. The SMILES string of the molecule is CCN(CC)S(=O)(=O)c1ccc(CCC(=O)N(C)c2cccc(OC)c2)cc1. The molecule has 0 spiro atoms. The monoisotopic (exact) mass is 404 g/mol. The largest absolute Gasteiger partial charge is 0.497 e. The van der Waals surface area contributed by atoms with Gasteiger partial charge in [-0.2, -0.15) is 4.31 Å². The van der Waals surface area contributed by atoms with Crippen LogP contribution in [0.2, 0.25) is 0 Å². The molecule has 2 rings (SSSR count). The molecule has 7 heteroatoms. The van der Waals surface area contributed by atoms with E-state index in [2.05, 4.69) is 0 Å². The van der Waals surface area contributed by atoms with Crippen molar-refractivity contribution in [3.63, 3.8) is 0 Å². The van der Waals surface area contributed by atoms with E-state index in [0.29, 0.717) is 31.7 Å². The van der Waals surface area contributed by atoms with E-state index in [-0.39, 0.29) is 10.8 Å². The van der Waals surface area contributed by atoms with Crippen LogP contribution in [0.4, 0.5) is 5.69 Å². The van der Waals surface area contributed by atoms with Crippen molar-refractivity contribution in [2.45, 2.75) is 31.6 Å². The first-order valence-electron chi connectivity index (χ1n) is 9.33. The maximum atomic E-state index is 12.5. The second kappa shape index (κ2) is 9.71. The number of aryl methyl sites for hydroxylation is 1. The molecule has 0 saturated carbocycles. The van der Waals surface area contributed by atoms with Crippen LogP contribution < -0.4 is 9.64 Å². The second-order valence-corrected chi connectivity index (χ2v) is 8.33. The van der Waals surface area contributed by atoms with Crippen molar-refractivity contribution in [3.05, 3.63) is 54.1 Å². The number of anilines is 1. The lowest BCUT2D eigenvalue weighted by Crippen LogP contribution is -2.30. The summed E-state index contributed by atoms with van der Waals surface area (Å²) in [7, 11) is -0.138. The molecular formula is C21H28N2O4S. The number of hydrogen-bond donors (Lipinski definition) is 0. The van der Waals surface area contributed by atoms with Gasteiger partial charge in [0.05, 0.1) is 12.0 Å². The van der Waals surface area contributed by atoms with Crippen LogP contribution in [0.25, 0.3) is 0 Å². The van der Waals surface area contributed by atoms with Gasteiger partial charge in [-0.15, -0.1) is 0 Å². The smallest absolute Gasteiger partial charge is 0.243 e. The van der Waals surface area contributed by atoms with Crippen LogP contribution >= 0.6 is 0 Å². The lowest BCUT2D eigenvalue weighted by Gasteiger charge is -2.19. The maximum absolute atomic E-state index is 12.5. The second-order valence-electron chi connectivity index (χ2n) is 6.39. The van der Waals surface area contributed by atoms with E-state index in [4.69, 9.17) is 4.74 Å². The van der Waals surface area contributed by atoms with Crippen LogP contribution in [0.3, 0.4) is 0 Å². The molecule has 0 aliphatic heterocycles. The molecular weight excluding hydrogens is 376 g/mol. The zero-order chi connectivity index (χ0) is 20.7. The fourth-order valence-electron chi connectivity index (χ4n) is 2.92. The Labute approximate surface area is 167 Å². The molecule has 0 aliphatic rings. The minimum Gasteiger partial charge on any atom is -0.497 e. The first kappa shape index (κ1) is 21.9. The lowest BCUT2D eigenvalue weighted by atomic mass is 10.1. The van der Waals surface area contributed by atoms with Crippen molar-refractivity contribution in [3.8, 4) is 5.75 Å². The van der Waals surface area contributed by atoms with Gasteiger partial charge < -0.3 is 9.64 Å². The van der Waals surface area contributed by atoms with Crippen LogP contribution in [0.5, 0.6) is 5.75 Å². The number of carbonyl (C=O) groups is 1. The van der Waals surface area contributed by atoms with Gasteiger partial charge in [0, 0.05) is 38.3 Å². The van der Waals surface area contributed by atoms with E-state index in [9.17, 15) is 13.2 Å². The first-order valence-corrected chi connectivity index (χ1v) is 10.8. The van der Waals surface area contributed by atoms with E-state index in [1.165, 1.54) is 4.31 Å². The number of carbonyl (C=O) groups excluding carboxylic acids is 1. The van der Waals surface area contributed by atoms with Gasteiger partial charge >= 0.3 is 0 Å².